The van der Waals surface area contributed by atoms with Crippen LogP contribution in [0, 0.1) is 0 Å². The molecule has 4 heterocycles. The number of fused-ring (bicyclic) bond motifs is 3. The predicted molar refractivity (Wildman–Crippen MR) is 124 cm³/mol. The molecule has 1 spiro atoms. The number of piperidine rings is 2. The molecule has 4 aliphatic heterocycles. The lowest BCUT2D eigenvalue weighted by atomic mass is 9.75. The Balaban J connectivity index is 1.27. The Hall–Kier alpha value is -3.52. The number of carbonyl (C=O) groups is 4. The second-order valence-corrected chi connectivity index (χ2v) is 9.73. The molecule has 0 bridgehead atoms. The van der Waals surface area contributed by atoms with Crippen LogP contribution in [0.5, 0.6) is 0 Å². The van der Waals surface area contributed by atoms with Crippen molar-refractivity contribution in [2.24, 2.45) is 0 Å². The van der Waals surface area contributed by atoms with E-state index in [1.165, 1.54) is 11.3 Å². The topological polar surface area (TPSA) is 98.8 Å². The molecular weight excluding hydrogens is 432 g/mol. The van der Waals surface area contributed by atoms with Crippen LogP contribution in [0.2, 0.25) is 0 Å². The number of benzene rings is 2. The number of rotatable bonds is 3. The Labute approximate surface area is 197 Å². The quantitative estimate of drug-likeness (QED) is 0.680. The van der Waals surface area contributed by atoms with Crippen LogP contribution in [0.1, 0.15) is 57.5 Å². The summed E-state index contributed by atoms with van der Waals surface area (Å²) in [5.74, 6) is -1.90. The third kappa shape index (κ3) is 3.16. The first kappa shape index (κ1) is 21.0. The lowest BCUT2D eigenvalue weighted by molar-refractivity contribution is -0.136. The van der Waals surface area contributed by atoms with Gasteiger partial charge in [0.25, 0.3) is 11.8 Å². The number of amides is 4. The molecule has 174 valence electrons. The van der Waals surface area contributed by atoms with Crippen LogP contribution >= 0.6 is 0 Å². The number of nitrogens with one attached hydrogen (secondary N) is 2. The summed E-state index contributed by atoms with van der Waals surface area (Å²) >= 11 is 0. The molecule has 1 atom stereocenters. The maximum Gasteiger partial charge on any atom is 0.262 e. The first-order chi connectivity index (χ1) is 16.5. The number of imide groups is 2. The van der Waals surface area contributed by atoms with E-state index in [9.17, 15) is 19.2 Å². The van der Waals surface area contributed by atoms with Gasteiger partial charge in [0.2, 0.25) is 11.8 Å². The fourth-order valence-corrected chi connectivity index (χ4v) is 6.04. The number of para-hydroxylation sites is 1. The molecule has 8 heteroatoms. The largest absolute Gasteiger partial charge is 0.366 e. The molecule has 0 saturated carbocycles. The first-order valence-corrected chi connectivity index (χ1v) is 11.9. The lowest BCUT2D eigenvalue weighted by Crippen LogP contribution is -2.54. The van der Waals surface area contributed by atoms with Crippen LogP contribution in [0.15, 0.2) is 42.5 Å². The molecule has 2 fully saturated rings. The zero-order valence-corrected chi connectivity index (χ0v) is 18.8. The zero-order chi connectivity index (χ0) is 23.4. The van der Waals surface area contributed by atoms with Crippen LogP contribution in [-0.2, 0) is 21.5 Å². The maximum absolute atomic E-state index is 13.2. The molecule has 6 rings (SSSR count). The normalized spacial score (nSPS) is 23.4. The van der Waals surface area contributed by atoms with E-state index in [2.05, 4.69) is 39.8 Å². The lowest BCUT2D eigenvalue weighted by Gasteiger charge is -2.35. The van der Waals surface area contributed by atoms with E-state index < -0.39 is 23.8 Å². The molecule has 2 saturated heterocycles. The summed E-state index contributed by atoms with van der Waals surface area (Å²) < 4.78 is 0. The van der Waals surface area contributed by atoms with Crippen molar-refractivity contribution in [1.29, 1.82) is 0 Å². The van der Waals surface area contributed by atoms with Gasteiger partial charge in [-0.25, -0.2) is 0 Å². The van der Waals surface area contributed by atoms with Crippen LogP contribution in [0.4, 0.5) is 5.69 Å². The number of carbonyl (C=O) groups excluding carboxylic acids is 4. The van der Waals surface area contributed by atoms with Gasteiger partial charge < -0.3 is 10.2 Å². The smallest absolute Gasteiger partial charge is 0.262 e. The minimum atomic E-state index is -0.946. The molecule has 0 radical (unpaired) electrons. The van der Waals surface area contributed by atoms with Crippen molar-refractivity contribution in [1.82, 2.24) is 15.5 Å². The zero-order valence-electron chi connectivity index (χ0n) is 18.8. The van der Waals surface area contributed by atoms with Crippen LogP contribution in [0.3, 0.4) is 0 Å². The van der Waals surface area contributed by atoms with E-state index in [0.717, 1.165) is 42.9 Å². The highest BCUT2D eigenvalue weighted by Gasteiger charge is 2.45. The molecule has 8 nitrogen and oxygen atoms in total. The third-order valence-corrected chi connectivity index (χ3v) is 7.75. The Morgan fingerprint density at radius 3 is 2.50 bits per heavy atom. The fraction of sp³-hybridized carbons (Fsp3) is 0.385. The van der Waals surface area contributed by atoms with Gasteiger partial charge >= 0.3 is 0 Å². The summed E-state index contributed by atoms with van der Waals surface area (Å²) in [6, 6.07) is 13.0. The second kappa shape index (κ2) is 7.77. The van der Waals surface area contributed by atoms with E-state index in [-0.39, 0.29) is 24.2 Å². The van der Waals surface area contributed by atoms with E-state index >= 15 is 0 Å². The van der Waals surface area contributed by atoms with Crippen molar-refractivity contribution < 1.29 is 19.2 Å². The number of nitrogens with zero attached hydrogens (tertiary/aromatic N) is 2. The number of hydrogen-bond donors (Lipinski definition) is 2. The predicted octanol–water partition coefficient (Wildman–Crippen LogP) is 1.73. The van der Waals surface area contributed by atoms with Gasteiger partial charge in [0, 0.05) is 30.6 Å². The standard InChI is InChI=1S/C26H26N4O4/c31-22-8-7-21(23(32)28-22)30-24(33)17-6-5-16(13-18(17)25(30)34)14-29-15-26(9-11-27-12-10-26)19-3-1-2-4-20(19)29/h1-6,13,21,27H,7-12,14-15H2,(H,28,31,32). The summed E-state index contributed by atoms with van der Waals surface area (Å²) in [7, 11) is 0. The monoisotopic (exact) mass is 458 g/mol. The van der Waals surface area contributed by atoms with E-state index in [0.29, 0.717) is 17.7 Å². The van der Waals surface area contributed by atoms with E-state index in [1.54, 1.807) is 12.1 Å². The minimum absolute atomic E-state index is 0.112. The highest BCUT2D eigenvalue weighted by atomic mass is 16.2. The summed E-state index contributed by atoms with van der Waals surface area (Å²) in [4.78, 5) is 53.4. The average Bonchev–Trinajstić information content (AvgIpc) is 3.26. The Morgan fingerprint density at radius 1 is 0.941 bits per heavy atom. The van der Waals surface area contributed by atoms with Crippen molar-refractivity contribution in [3.05, 3.63) is 64.7 Å². The average molecular weight is 459 g/mol. The highest BCUT2D eigenvalue weighted by Crippen LogP contribution is 2.46. The van der Waals surface area contributed by atoms with Crippen LogP contribution < -0.4 is 15.5 Å². The van der Waals surface area contributed by atoms with Gasteiger partial charge in [-0.2, -0.15) is 0 Å². The van der Waals surface area contributed by atoms with Crippen LogP contribution in [0.25, 0.3) is 0 Å². The molecule has 0 aromatic heterocycles. The fourth-order valence-electron chi connectivity index (χ4n) is 6.04. The van der Waals surface area contributed by atoms with Gasteiger partial charge in [0.05, 0.1) is 11.1 Å². The summed E-state index contributed by atoms with van der Waals surface area (Å²) in [5, 5.41) is 5.70. The SMILES string of the molecule is O=C1CCC(N2C(=O)c3ccc(CN4CC5(CCNCC5)c5ccccc54)cc3C2=O)C(=O)N1. The van der Waals surface area contributed by atoms with Gasteiger partial charge in [-0.1, -0.05) is 24.3 Å². The summed E-state index contributed by atoms with van der Waals surface area (Å²) in [6.07, 6.45) is 2.46. The van der Waals surface area contributed by atoms with E-state index in [4.69, 9.17) is 0 Å². The molecule has 0 aliphatic carbocycles. The van der Waals surface area contributed by atoms with Crippen LogP contribution in [-0.4, -0.2) is 54.2 Å². The molecule has 2 N–H and O–H groups in total. The van der Waals surface area contributed by atoms with Crippen molar-refractivity contribution in [3.63, 3.8) is 0 Å². The van der Waals surface area contributed by atoms with Gasteiger partial charge in [0.1, 0.15) is 6.04 Å². The molecule has 1 unspecified atom stereocenters. The number of hydrogen-bond acceptors (Lipinski definition) is 6. The molecule has 4 amide bonds. The number of anilines is 1. The Kier molecular flexibility index (Phi) is 4.81. The molecular formula is C26H26N4O4. The first-order valence-electron chi connectivity index (χ1n) is 11.9. The van der Waals surface area contributed by atoms with Gasteiger partial charge in [-0.05, 0) is 61.7 Å². The summed E-state index contributed by atoms with van der Waals surface area (Å²) in [5.41, 5.74) is 4.37. The maximum atomic E-state index is 13.2. The summed E-state index contributed by atoms with van der Waals surface area (Å²) in [6.45, 7) is 3.58. The van der Waals surface area contributed by atoms with Gasteiger partial charge in [0.15, 0.2) is 0 Å². The van der Waals surface area contributed by atoms with Gasteiger partial charge in [-0.3, -0.25) is 29.4 Å². The molecule has 34 heavy (non-hydrogen) atoms. The third-order valence-electron chi connectivity index (χ3n) is 7.75. The van der Waals surface area contributed by atoms with E-state index in [1.807, 2.05) is 6.07 Å². The Morgan fingerprint density at radius 2 is 1.71 bits per heavy atom. The van der Waals surface area contributed by atoms with Crippen molar-refractivity contribution in [3.8, 4) is 0 Å². The Bertz CT molecular complexity index is 1230. The van der Waals surface area contributed by atoms with Crippen molar-refractivity contribution in [2.75, 3.05) is 24.5 Å². The highest BCUT2D eigenvalue weighted by molar-refractivity contribution is 6.23. The van der Waals surface area contributed by atoms with Crippen molar-refractivity contribution in [2.45, 2.75) is 43.7 Å². The second-order valence-electron chi connectivity index (χ2n) is 9.73. The molecule has 2 aromatic carbocycles. The van der Waals surface area contributed by atoms with Crippen molar-refractivity contribution >= 4 is 29.3 Å². The minimum Gasteiger partial charge on any atom is -0.366 e. The molecule has 4 aliphatic rings. The molecule has 2 aromatic rings. The van der Waals surface area contributed by atoms with Gasteiger partial charge in [-0.15, -0.1) is 0 Å².